The maximum Gasteiger partial charge on any atom is 0.162 e. The molecule has 3 rings (SSSR count). The first kappa shape index (κ1) is 20.0. The summed E-state index contributed by atoms with van der Waals surface area (Å²) in [5.41, 5.74) is 3.02. The van der Waals surface area contributed by atoms with Gasteiger partial charge in [0.25, 0.3) is 0 Å². The number of hydrogen-bond acceptors (Lipinski definition) is 5. The third kappa shape index (κ3) is 4.94. The molecule has 1 aliphatic rings. The predicted octanol–water partition coefficient (Wildman–Crippen LogP) is 3.20. The number of halogens is 1. The van der Waals surface area contributed by atoms with Crippen LogP contribution in [0, 0.1) is 12.8 Å². The van der Waals surface area contributed by atoms with Crippen molar-refractivity contribution in [2.45, 2.75) is 39.8 Å². The largest absolute Gasteiger partial charge is 0.490 e. The highest BCUT2D eigenvalue weighted by Gasteiger charge is 2.32. The van der Waals surface area contributed by atoms with Gasteiger partial charge in [-0.2, -0.15) is 5.10 Å². The lowest BCUT2D eigenvalue weighted by molar-refractivity contribution is 0.140. The molecule has 0 amide bonds. The van der Waals surface area contributed by atoms with Crippen molar-refractivity contribution >= 4 is 11.6 Å². The van der Waals surface area contributed by atoms with Crippen LogP contribution in [-0.4, -0.2) is 52.6 Å². The Morgan fingerprint density at radius 3 is 2.52 bits per heavy atom. The number of H-pyrrole nitrogens is 1. The van der Waals surface area contributed by atoms with E-state index >= 15 is 0 Å². The molecule has 0 spiro atoms. The SMILES string of the molecule is CCOc1cc(Cl)c(CN2CC(O)C(Cc3cc(C)[nH]n3)C2)cc1OCC. The van der Waals surface area contributed by atoms with Gasteiger partial charge >= 0.3 is 0 Å². The van der Waals surface area contributed by atoms with Gasteiger partial charge in [0.05, 0.1) is 25.0 Å². The first-order chi connectivity index (χ1) is 13.0. The Morgan fingerprint density at radius 2 is 1.89 bits per heavy atom. The fourth-order valence-electron chi connectivity index (χ4n) is 3.59. The number of ether oxygens (including phenoxy) is 2. The molecule has 2 N–H and O–H groups in total. The fourth-order valence-corrected chi connectivity index (χ4v) is 3.81. The number of benzene rings is 1. The highest BCUT2D eigenvalue weighted by molar-refractivity contribution is 6.31. The highest BCUT2D eigenvalue weighted by Crippen LogP contribution is 2.35. The average molecular weight is 394 g/mol. The normalized spacial score (nSPS) is 20.2. The van der Waals surface area contributed by atoms with Gasteiger partial charge in [-0.15, -0.1) is 0 Å². The number of aryl methyl sites for hydroxylation is 1. The first-order valence-corrected chi connectivity index (χ1v) is 9.87. The van der Waals surface area contributed by atoms with Crippen LogP contribution < -0.4 is 9.47 Å². The monoisotopic (exact) mass is 393 g/mol. The summed E-state index contributed by atoms with van der Waals surface area (Å²) < 4.78 is 11.3. The second-order valence-electron chi connectivity index (χ2n) is 7.02. The van der Waals surface area contributed by atoms with Crippen molar-refractivity contribution in [2.75, 3.05) is 26.3 Å². The van der Waals surface area contributed by atoms with E-state index in [-0.39, 0.29) is 12.0 Å². The van der Waals surface area contributed by atoms with Crippen molar-refractivity contribution in [3.63, 3.8) is 0 Å². The lowest BCUT2D eigenvalue weighted by Gasteiger charge is -2.19. The van der Waals surface area contributed by atoms with Crippen LogP contribution in [0.2, 0.25) is 5.02 Å². The smallest absolute Gasteiger partial charge is 0.162 e. The summed E-state index contributed by atoms with van der Waals surface area (Å²) in [5, 5.41) is 18.4. The Hall–Kier alpha value is -1.76. The summed E-state index contributed by atoms with van der Waals surface area (Å²) in [4.78, 5) is 2.23. The number of hydrogen-bond donors (Lipinski definition) is 2. The molecule has 1 aromatic carbocycles. The molecule has 6 nitrogen and oxygen atoms in total. The summed E-state index contributed by atoms with van der Waals surface area (Å²) in [7, 11) is 0. The molecule has 2 heterocycles. The van der Waals surface area contributed by atoms with Crippen LogP contribution in [0.25, 0.3) is 0 Å². The second-order valence-corrected chi connectivity index (χ2v) is 7.43. The zero-order chi connectivity index (χ0) is 19.4. The van der Waals surface area contributed by atoms with Crippen molar-refractivity contribution in [1.29, 1.82) is 0 Å². The molecule has 0 saturated carbocycles. The number of aliphatic hydroxyl groups excluding tert-OH is 1. The molecule has 1 aromatic heterocycles. The Kier molecular flexibility index (Phi) is 6.63. The summed E-state index contributed by atoms with van der Waals surface area (Å²) >= 11 is 6.48. The van der Waals surface area contributed by atoms with Crippen LogP contribution in [0.15, 0.2) is 18.2 Å². The number of β-amino-alcohol motifs (C(OH)–C–C–N with tert-alkyl or cyclic N) is 1. The Bertz CT molecular complexity index is 765. The van der Waals surface area contributed by atoms with Crippen molar-refractivity contribution in [3.05, 3.63) is 40.2 Å². The molecule has 2 atom stereocenters. The molecule has 1 fully saturated rings. The molecule has 1 aliphatic heterocycles. The van der Waals surface area contributed by atoms with Crippen LogP contribution in [-0.2, 0) is 13.0 Å². The van der Waals surface area contributed by atoms with Gasteiger partial charge in [0.2, 0.25) is 0 Å². The van der Waals surface area contributed by atoms with Crippen LogP contribution in [0.1, 0.15) is 30.8 Å². The average Bonchev–Trinajstić information content (AvgIpc) is 3.18. The topological polar surface area (TPSA) is 70.6 Å². The standard InChI is InChI=1S/C20H28ClN3O3/c1-4-26-19-8-14(17(21)9-20(19)27-5-2)10-24-11-15(18(25)12-24)7-16-6-13(3)22-23-16/h6,8-9,15,18,25H,4-5,7,10-12H2,1-3H3,(H,22,23). The predicted molar refractivity (Wildman–Crippen MR) is 106 cm³/mol. The molecule has 7 heteroatoms. The highest BCUT2D eigenvalue weighted by atomic mass is 35.5. The lowest BCUT2D eigenvalue weighted by Crippen LogP contribution is -2.21. The molecule has 0 bridgehead atoms. The minimum absolute atomic E-state index is 0.167. The molecule has 2 aromatic rings. The maximum absolute atomic E-state index is 10.5. The second kappa shape index (κ2) is 8.95. The molecular formula is C20H28ClN3O3. The minimum Gasteiger partial charge on any atom is -0.490 e. The van der Waals surface area contributed by atoms with Gasteiger partial charge < -0.3 is 14.6 Å². The van der Waals surface area contributed by atoms with Crippen molar-refractivity contribution in [3.8, 4) is 11.5 Å². The zero-order valence-corrected chi connectivity index (χ0v) is 16.9. The molecular weight excluding hydrogens is 366 g/mol. The van der Waals surface area contributed by atoms with Gasteiger partial charge in [-0.1, -0.05) is 11.6 Å². The number of aromatic nitrogens is 2. The van der Waals surface area contributed by atoms with Crippen molar-refractivity contribution in [1.82, 2.24) is 15.1 Å². The van der Waals surface area contributed by atoms with Crippen LogP contribution in [0.3, 0.4) is 0 Å². The lowest BCUT2D eigenvalue weighted by atomic mass is 10.0. The summed E-state index contributed by atoms with van der Waals surface area (Å²) in [6.45, 7) is 9.09. The number of rotatable bonds is 8. The van der Waals surface area contributed by atoms with Gasteiger partial charge in [-0.3, -0.25) is 10.00 Å². The van der Waals surface area contributed by atoms with E-state index in [4.69, 9.17) is 21.1 Å². The van der Waals surface area contributed by atoms with Crippen molar-refractivity contribution in [2.24, 2.45) is 5.92 Å². The minimum atomic E-state index is -0.366. The fraction of sp³-hybridized carbons (Fsp3) is 0.550. The van der Waals surface area contributed by atoms with Crippen LogP contribution >= 0.6 is 11.6 Å². The molecule has 0 radical (unpaired) electrons. The maximum atomic E-state index is 10.5. The number of aliphatic hydroxyl groups is 1. The van der Waals surface area contributed by atoms with Gasteiger partial charge in [-0.05, 0) is 44.9 Å². The number of nitrogens with zero attached hydrogens (tertiary/aromatic N) is 2. The molecule has 148 valence electrons. The molecule has 0 aliphatic carbocycles. The van der Waals surface area contributed by atoms with Crippen LogP contribution in [0.5, 0.6) is 11.5 Å². The van der Waals surface area contributed by atoms with Gasteiger partial charge in [0.1, 0.15) is 0 Å². The van der Waals surface area contributed by atoms with Crippen LogP contribution in [0.4, 0.5) is 0 Å². The van der Waals surface area contributed by atoms with Gasteiger partial charge in [0, 0.05) is 42.3 Å². The Morgan fingerprint density at radius 1 is 1.19 bits per heavy atom. The van der Waals surface area contributed by atoms with E-state index in [9.17, 15) is 5.11 Å². The first-order valence-electron chi connectivity index (χ1n) is 9.49. The van der Waals surface area contributed by atoms with E-state index in [1.54, 1.807) is 0 Å². The quantitative estimate of drug-likeness (QED) is 0.720. The van der Waals surface area contributed by atoms with E-state index in [1.165, 1.54) is 0 Å². The summed E-state index contributed by atoms with van der Waals surface area (Å²) in [6.07, 6.45) is 0.401. The summed E-state index contributed by atoms with van der Waals surface area (Å²) in [6, 6.07) is 5.81. The zero-order valence-electron chi connectivity index (χ0n) is 16.2. The van der Waals surface area contributed by atoms with Crippen molar-refractivity contribution < 1.29 is 14.6 Å². The van der Waals surface area contributed by atoms with E-state index in [0.717, 1.165) is 29.9 Å². The third-order valence-corrected chi connectivity index (χ3v) is 5.17. The van der Waals surface area contributed by atoms with E-state index in [2.05, 4.69) is 15.1 Å². The number of aromatic amines is 1. The third-order valence-electron chi connectivity index (χ3n) is 4.82. The Balaban J connectivity index is 1.68. The Labute approximate surface area is 165 Å². The van der Waals surface area contributed by atoms with E-state index < -0.39 is 0 Å². The summed E-state index contributed by atoms with van der Waals surface area (Å²) in [5.74, 6) is 1.55. The van der Waals surface area contributed by atoms with E-state index in [1.807, 2.05) is 39.0 Å². The molecule has 2 unspecified atom stereocenters. The number of nitrogens with one attached hydrogen (secondary N) is 1. The molecule has 27 heavy (non-hydrogen) atoms. The number of likely N-dealkylation sites (tertiary alicyclic amines) is 1. The molecule has 1 saturated heterocycles. The van der Waals surface area contributed by atoms with Gasteiger partial charge in [-0.25, -0.2) is 0 Å². The van der Waals surface area contributed by atoms with E-state index in [0.29, 0.717) is 42.8 Å². The van der Waals surface area contributed by atoms with Gasteiger partial charge in [0.15, 0.2) is 11.5 Å².